The van der Waals surface area contributed by atoms with E-state index in [1.165, 1.54) is 23.1 Å². The first-order valence-electron chi connectivity index (χ1n) is 6.17. The molecule has 0 aliphatic rings. The largest absolute Gasteiger partial charge is 0.364 e. The Kier molecular flexibility index (Phi) is 4.29. The summed E-state index contributed by atoms with van der Waals surface area (Å²) in [6.07, 6.45) is 0. The van der Waals surface area contributed by atoms with Crippen molar-refractivity contribution in [1.29, 1.82) is 0 Å². The van der Waals surface area contributed by atoms with Gasteiger partial charge in [0.25, 0.3) is 0 Å². The maximum absolute atomic E-state index is 13.8. The van der Waals surface area contributed by atoms with E-state index in [9.17, 15) is 13.2 Å². The van der Waals surface area contributed by atoms with Crippen LogP contribution in [0, 0.1) is 17.5 Å². The van der Waals surface area contributed by atoms with Crippen molar-refractivity contribution in [2.75, 3.05) is 18.5 Å². The van der Waals surface area contributed by atoms with Gasteiger partial charge in [0.05, 0.1) is 11.7 Å². The lowest BCUT2D eigenvalue weighted by molar-refractivity contribution is 0.515. The first-order valence-corrected chi connectivity index (χ1v) is 6.17. The first kappa shape index (κ1) is 14.4. The number of likely N-dealkylation sites (N-methyl/N-ethyl adjacent to an activating group) is 1. The van der Waals surface area contributed by atoms with Crippen LogP contribution < -0.4 is 10.6 Å². The molecular weight excluding hydrogens is 265 g/mol. The van der Waals surface area contributed by atoms with Crippen LogP contribution in [0.1, 0.15) is 11.6 Å². The molecule has 0 aliphatic carbocycles. The molecule has 0 fully saturated rings. The zero-order valence-electron chi connectivity index (χ0n) is 11.0. The van der Waals surface area contributed by atoms with Crippen molar-refractivity contribution in [3.05, 3.63) is 65.5 Å². The Morgan fingerprint density at radius 3 is 2.05 bits per heavy atom. The molecule has 2 aromatic carbocycles. The SMILES string of the molecule is CN(c1ccccc1F)C(CN)c1c(F)cccc1F. The summed E-state index contributed by atoms with van der Waals surface area (Å²) in [5, 5.41) is 0. The maximum atomic E-state index is 13.8. The zero-order valence-corrected chi connectivity index (χ0v) is 11.0. The van der Waals surface area contributed by atoms with Gasteiger partial charge >= 0.3 is 0 Å². The van der Waals surface area contributed by atoms with E-state index in [4.69, 9.17) is 5.73 Å². The fourth-order valence-electron chi connectivity index (χ4n) is 2.20. The van der Waals surface area contributed by atoms with Gasteiger partial charge in [-0.05, 0) is 24.3 Å². The van der Waals surface area contributed by atoms with E-state index in [1.54, 1.807) is 19.2 Å². The Hall–Kier alpha value is -2.01. The summed E-state index contributed by atoms with van der Waals surface area (Å²) in [6, 6.07) is 8.85. The van der Waals surface area contributed by atoms with Gasteiger partial charge in [0, 0.05) is 19.2 Å². The van der Waals surface area contributed by atoms with E-state index in [0.29, 0.717) is 0 Å². The highest BCUT2D eigenvalue weighted by Crippen LogP contribution is 2.29. The van der Waals surface area contributed by atoms with Gasteiger partial charge in [-0.3, -0.25) is 0 Å². The van der Waals surface area contributed by atoms with Crippen LogP contribution in [-0.4, -0.2) is 13.6 Å². The number of hydrogen-bond acceptors (Lipinski definition) is 2. The monoisotopic (exact) mass is 280 g/mol. The Morgan fingerprint density at radius 2 is 1.50 bits per heavy atom. The molecule has 0 amide bonds. The number of nitrogens with two attached hydrogens (primary N) is 1. The van der Waals surface area contributed by atoms with Crippen LogP contribution in [0.15, 0.2) is 42.5 Å². The van der Waals surface area contributed by atoms with Gasteiger partial charge in [-0.2, -0.15) is 0 Å². The van der Waals surface area contributed by atoms with E-state index in [2.05, 4.69) is 0 Å². The third-order valence-corrected chi connectivity index (χ3v) is 3.26. The van der Waals surface area contributed by atoms with E-state index < -0.39 is 23.5 Å². The molecule has 0 spiro atoms. The van der Waals surface area contributed by atoms with Gasteiger partial charge in [0.15, 0.2) is 0 Å². The molecule has 106 valence electrons. The predicted octanol–water partition coefficient (Wildman–Crippen LogP) is 3.24. The molecule has 1 unspecified atom stereocenters. The number of anilines is 1. The minimum absolute atomic E-state index is 0.0390. The van der Waals surface area contributed by atoms with E-state index in [-0.39, 0.29) is 17.8 Å². The van der Waals surface area contributed by atoms with Gasteiger partial charge < -0.3 is 10.6 Å². The molecule has 1 atom stereocenters. The lowest BCUT2D eigenvalue weighted by Crippen LogP contribution is -2.32. The number of para-hydroxylation sites is 1. The summed E-state index contributed by atoms with van der Waals surface area (Å²) < 4.78 is 41.5. The van der Waals surface area contributed by atoms with E-state index in [1.807, 2.05) is 0 Å². The number of benzene rings is 2. The number of nitrogens with zero attached hydrogens (tertiary/aromatic N) is 1. The first-order chi connectivity index (χ1) is 9.56. The van der Waals surface area contributed by atoms with Crippen molar-refractivity contribution in [2.45, 2.75) is 6.04 Å². The van der Waals surface area contributed by atoms with Crippen LogP contribution in [0.25, 0.3) is 0 Å². The summed E-state index contributed by atoms with van der Waals surface area (Å²) >= 11 is 0. The second-order valence-corrected chi connectivity index (χ2v) is 4.45. The van der Waals surface area contributed by atoms with Crippen LogP contribution in [0.3, 0.4) is 0 Å². The number of rotatable bonds is 4. The molecule has 0 saturated heterocycles. The fourth-order valence-corrected chi connectivity index (χ4v) is 2.20. The average molecular weight is 280 g/mol. The fraction of sp³-hybridized carbons (Fsp3) is 0.200. The van der Waals surface area contributed by atoms with E-state index >= 15 is 0 Å². The summed E-state index contributed by atoms with van der Waals surface area (Å²) in [5.41, 5.74) is 5.72. The predicted molar refractivity (Wildman–Crippen MR) is 73.0 cm³/mol. The zero-order chi connectivity index (χ0) is 14.7. The summed E-state index contributed by atoms with van der Waals surface area (Å²) in [4.78, 5) is 1.44. The third-order valence-electron chi connectivity index (χ3n) is 3.26. The highest BCUT2D eigenvalue weighted by atomic mass is 19.1. The van der Waals surface area contributed by atoms with Gasteiger partial charge in [-0.25, -0.2) is 13.2 Å². The smallest absolute Gasteiger partial charge is 0.146 e. The van der Waals surface area contributed by atoms with Gasteiger partial charge in [0.2, 0.25) is 0 Å². The van der Waals surface area contributed by atoms with Crippen LogP contribution in [0.4, 0.5) is 18.9 Å². The minimum Gasteiger partial charge on any atom is -0.364 e. The minimum atomic E-state index is -0.784. The number of hydrogen-bond donors (Lipinski definition) is 1. The molecule has 2 N–H and O–H groups in total. The van der Waals surface area contributed by atoms with Crippen LogP contribution in [0.5, 0.6) is 0 Å². The molecule has 5 heteroatoms. The van der Waals surface area contributed by atoms with Crippen molar-refractivity contribution in [3.63, 3.8) is 0 Å². The summed E-state index contributed by atoms with van der Waals surface area (Å²) in [6.45, 7) is -0.0390. The van der Waals surface area contributed by atoms with Crippen molar-refractivity contribution in [2.24, 2.45) is 5.73 Å². The van der Waals surface area contributed by atoms with Crippen molar-refractivity contribution < 1.29 is 13.2 Å². The maximum Gasteiger partial charge on any atom is 0.146 e. The Labute approximate surface area is 115 Å². The van der Waals surface area contributed by atoms with Crippen LogP contribution >= 0.6 is 0 Å². The third kappa shape index (κ3) is 2.63. The Morgan fingerprint density at radius 1 is 0.950 bits per heavy atom. The lowest BCUT2D eigenvalue weighted by atomic mass is 10.0. The quantitative estimate of drug-likeness (QED) is 0.931. The molecule has 0 bridgehead atoms. The molecule has 0 aromatic heterocycles. The lowest BCUT2D eigenvalue weighted by Gasteiger charge is -2.30. The van der Waals surface area contributed by atoms with Crippen LogP contribution in [-0.2, 0) is 0 Å². The average Bonchev–Trinajstić information content (AvgIpc) is 2.43. The van der Waals surface area contributed by atoms with Crippen LogP contribution in [0.2, 0.25) is 0 Å². The molecule has 0 radical (unpaired) electrons. The molecule has 2 nitrogen and oxygen atoms in total. The molecule has 0 aliphatic heterocycles. The number of halogens is 3. The summed E-state index contributed by atoms with van der Waals surface area (Å²) in [7, 11) is 1.56. The standard InChI is InChI=1S/C15H15F3N2/c1-20(13-8-3-2-5-10(13)16)14(9-19)15-11(17)6-4-7-12(15)18/h2-8,14H,9,19H2,1H3. The highest BCUT2D eigenvalue weighted by Gasteiger charge is 2.24. The van der Waals surface area contributed by atoms with Crippen molar-refractivity contribution >= 4 is 5.69 Å². The second kappa shape index (κ2) is 5.96. The second-order valence-electron chi connectivity index (χ2n) is 4.45. The van der Waals surface area contributed by atoms with Gasteiger partial charge in [0.1, 0.15) is 17.5 Å². The normalized spacial score (nSPS) is 12.2. The Balaban J connectivity index is 2.45. The molecular formula is C15H15F3N2. The molecule has 2 rings (SSSR count). The van der Waals surface area contributed by atoms with Crippen molar-refractivity contribution in [1.82, 2.24) is 0 Å². The van der Waals surface area contributed by atoms with Crippen molar-refractivity contribution in [3.8, 4) is 0 Å². The summed E-state index contributed by atoms with van der Waals surface area (Å²) in [5.74, 6) is -1.85. The highest BCUT2D eigenvalue weighted by molar-refractivity contribution is 5.49. The molecule has 20 heavy (non-hydrogen) atoms. The van der Waals surface area contributed by atoms with E-state index in [0.717, 1.165) is 12.1 Å². The van der Waals surface area contributed by atoms with Gasteiger partial charge in [-0.15, -0.1) is 0 Å². The Bertz CT molecular complexity index is 581. The molecule has 2 aromatic rings. The van der Waals surface area contributed by atoms with Gasteiger partial charge in [-0.1, -0.05) is 18.2 Å². The molecule has 0 saturated carbocycles. The topological polar surface area (TPSA) is 29.3 Å². The molecule has 0 heterocycles.